The lowest BCUT2D eigenvalue weighted by Gasteiger charge is -2.19. The van der Waals surface area contributed by atoms with Crippen molar-refractivity contribution in [1.29, 1.82) is 0 Å². The van der Waals surface area contributed by atoms with Gasteiger partial charge in [0.15, 0.2) is 0 Å². The normalized spacial score (nSPS) is 22.3. The van der Waals surface area contributed by atoms with Gasteiger partial charge in [0, 0.05) is 5.25 Å². The molecule has 0 aromatic rings. The minimum Gasteiger partial charge on any atom is -0.159 e. The molecule has 0 nitrogen and oxygen atoms in total. The summed E-state index contributed by atoms with van der Waals surface area (Å²) in [4.78, 5) is 0. The van der Waals surface area contributed by atoms with Gasteiger partial charge < -0.3 is 0 Å². The van der Waals surface area contributed by atoms with E-state index in [4.69, 9.17) is 0 Å². The summed E-state index contributed by atoms with van der Waals surface area (Å²) in [7, 11) is 0. The molecule has 0 amide bonds. The maximum Gasteiger partial charge on any atom is 0.00810 e. The summed E-state index contributed by atoms with van der Waals surface area (Å²) >= 11 is 2.07. The first-order valence-electron chi connectivity index (χ1n) is 3.70. The van der Waals surface area contributed by atoms with Crippen molar-refractivity contribution < 1.29 is 0 Å². The minimum absolute atomic E-state index is 0.837. The van der Waals surface area contributed by atoms with Crippen molar-refractivity contribution in [2.75, 3.05) is 5.75 Å². The summed E-state index contributed by atoms with van der Waals surface area (Å²) in [6, 6.07) is 0. The first kappa shape index (κ1) is 7.46. The zero-order valence-corrected chi connectivity index (χ0v) is 6.79. The number of hydrogen-bond acceptors (Lipinski definition) is 1. The Balaban J connectivity index is 2.08. The van der Waals surface area contributed by atoms with Gasteiger partial charge in [-0.2, -0.15) is 11.8 Å². The monoisotopic (exact) mass is 142 g/mol. The quantitative estimate of drug-likeness (QED) is 0.571. The Kier molecular flexibility index (Phi) is 3.49. The van der Waals surface area contributed by atoms with Gasteiger partial charge in [-0.15, -0.1) is 0 Å². The third-order valence-electron chi connectivity index (χ3n) is 1.58. The second-order valence-corrected chi connectivity index (χ2v) is 3.85. The predicted molar refractivity (Wildman–Crippen MR) is 44.4 cm³/mol. The molecule has 0 spiro atoms. The Labute approximate surface area is 62.4 Å². The minimum atomic E-state index is 0.837. The van der Waals surface area contributed by atoms with Crippen molar-refractivity contribution >= 4 is 11.8 Å². The van der Waals surface area contributed by atoms with Crippen LogP contribution < -0.4 is 0 Å². The molecule has 0 bridgehead atoms. The zero-order chi connectivity index (χ0) is 6.53. The van der Waals surface area contributed by atoms with Crippen molar-refractivity contribution in [3.63, 3.8) is 0 Å². The van der Waals surface area contributed by atoms with Gasteiger partial charge in [0.1, 0.15) is 0 Å². The molecule has 1 rings (SSSR count). The van der Waals surface area contributed by atoms with Gasteiger partial charge >= 0.3 is 0 Å². The highest BCUT2D eigenvalue weighted by atomic mass is 32.2. The summed E-state index contributed by atoms with van der Waals surface area (Å²) in [5, 5.41) is 0.837. The van der Waals surface area contributed by atoms with Crippen molar-refractivity contribution in [3.8, 4) is 0 Å². The Bertz CT molecular complexity index is 62.2. The van der Waals surface area contributed by atoms with Gasteiger partial charge in [-0.05, 0) is 37.9 Å². The summed E-state index contributed by atoms with van der Waals surface area (Å²) in [5.41, 5.74) is 0. The largest absolute Gasteiger partial charge is 0.159 e. The van der Waals surface area contributed by atoms with E-state index >= 15 is 0 Å². The van der Waals surface area contributed by atoms with E-state index in [1.165, 1.54) is 25.0 Å². The molecule has 9 heavy (non-hydrogen) atoms. The van der Waals surface area contributed by atoms with Crippen LogP contribution in [-0.2, 0) is 0 Å². The van der Waals surface area contributed by atoms with Crippen LogP contribution in [0.15, 0.2) is 0 Å². The van der Waals surface area contributed by atoms with Crippen LogP contribution in [0.2, 0.25) is 0 Å². The number of rotatable bonds is 2. The van der Waals surface area contributed by atoms with Gasteiger partial charge in [0.25, 0.3) is 0 Å². The fourth-order valence-corrected chi connectivity index (χ4v) is 2.10. The van der Waals surface area contributed by atoms with E-state index in [0.717, 1.165) is 5.25 Å². The Morgan fingerprint density at radius 2 is 2.44 bits per heavy atom. The first-order chi connectivity index (χ1) is 4.43. The lowest BCUT2D eigenvalue weighted by atomic mass is 10.0. The van der Waals surface area contributed by atoms with E-state index in [1.54, 1.807) is 0 Å². The van der Waals surface area contributed by atoms with Crippen LogP contribution in [-0.4, -0.2) is 11.0 Å². The molecule has 0 aromatic carbocycles. The fraction of sp³-hybridized carbons (Fsp3) is 0.750. The molecule has 1 unspecified atom stereocenters. The summed E-state index contributed by atoms with van der Waals surface area (Å²) in [6.45, 7) is 2.23. The lowest BCUT2D eigenvalue weighted by Crippen LogP contribution is -2.09. The molecule has 1 heteroatoms. The van der Waals surface area contributed by atoms with E-state index < -0.39 is 0 Å². The Hall–Kier alpha value is 0.350. The third kappa shape index (κ3) is 2.61. The molecule has 0 N–H and O–H groups in total. The van der Waals surface area contributed by atoms with E-state index in [1.807, 2.05) is 0 Å². The SMILES string of the molecule is CCSC1[CH]CC[CH]C1. The molecule has 1 fully saturated rings. The fourth-order valence-electron chi connectivity index (χ4n) is 1.13. The molecule has 1 aliphatic carbocycles. The molecular weight excluding hydrogens is 128 g/mol. The average molecular weight is 142 g/mol. The van der Waals surface area contributed by atoms with E-state index in [0.29, 0.717) is 0 Å². The standard InChI is InChI=1S/C8H14S/c1-2-9-8-6-4-3-5-7-8/h4,7-8H,2-3,5-6H2,1H3. The smallest absolute Gasteiger partial charge is 0.00810 e. The molecule has 0 aliphatic heterocycles. The molecule has 1 atom stereocenters. The Morgan fingerprint density at radius 1 is 1.56 bits per heavy atom. The third-order valence-corrected chi connectivity index (χ3v) is 2.73. The van der Waals surface area contributed by atoms with Crippen LogP contribution in [0, 0.1) is 12.8 Å². The molecule has 1 aliphatic rings. The van der Waals surface area contributed by atoms with Crippen LogP contribution in [0.4, 0.5) is 0 Å². The van der Waals surface area contributed by atoms with Crippen molar-refractivity contribution in [1.82, 2.24) is 0 Å². The maximum atomic E-state index is 2.45. The van der Waals surface area contributed by atoms with E-state index in [-0.39, 0.29) is 0 Å². The van der Waals surface area contributed by atoms with Crippen molar-refractivity contribution in [3.05, 3.63) is 12.8 Å². The molecule has 0 heterocycles. The van der Waals surface area contributed by atoms with Crippen LogP contribution in [0.5, 0.6) is 0 Å². The lowest BCUT2D eigenvalue weighted by molar-refractivity contribution is 0.726. The molecule has 2 radical (unpaired) electrons. The maximum absolute atomic E-state index is 2.45. The molecular formula is C8H14S. The van der Waals surface area contributed by atoms with Crippen molar-refractivity contribution in [2.24, 2.45) is 0 Å². The molecule has 0 aromatic heterocycles. The molecule has 1 saturated carbocycles. The second-order valence-electron chi connectivity index (χ2n) is 2.33. The average Bonchev–Trinajstić information content (AvgIpc) is 1.91. The second kappa shape index (κ2) is 4.21. The number of thioether (sulfide) groups is 1. The highest BCUT2D eigenvalue weighted by Crippen LogP contribution is 2.26. The van der Waals surface area contributed by atoms with E-state index in [9.17, 15) is 0 Å². The van der Waals surface area contributed by atoms with E-state index in [2.05, 4.69) is 31.5 Å². The van der Waals surface area contributed by atoms with Crippen molar-refractivity contribution in [2.45, 2.75) is 31.4 Å². The van der Waals surface area contributed by atoms with Gasteiger partial charge in [0.2, 0.25) is 0 Å². The predicted octanol–water partition coefficient (Wildman–Crippen LogP) is 2.70. The molecule has 52 valence electrons. The molecule has 0 saturated heterocycles. The summed E-state index contributed by atoms with van der Waals surface area (Å²) < 4.78 is 0. The summed E-state index contributed by atoms with van der Waals surface area (Å²) in [6.07, 6.45) is 8.78. The first-order valence-corrected chi connectivity index (χ1v) is 4.75. The highest BCUT2D eigenvalue weighted by molar-refractivity contribution is 8.00. The topological polar surface area (TPSA) is 0 Å². The van der Waals surface area contributed by atoms with Gasteiger partial charge in [-0.25, -0.2) is 0 Å². The summed E-state index contributed by atoms with van der Waals surface area (Å²) in [5.74, 6) is 1.26. The van der Waals surface area contributed by atoms with Crippen LogP contribution in [0.1, 0.15) is 26.2 Å². The Morgan fingerprint density at radius 3 is 3.00 bits per heavy atom. The van der Waals surface area contributed by atoms with Crippen LogP contribution in [0.25, 0.3) is 0 Å². The highest BCUT2D eigenvalue weighted by Gasteiger charge is 2.12. The number of hydrogen-bond donors (Lipinski definition) is 0. The van der Waals surface area contributed by atoms with Gasteiger partial charge in [-0.3, -0.25) is 0 Å². The zero-order valence-electron chi connectivity index (χ0n) is 5.97. The van der Waals surface area contributed by atoms with Crippen LogP contribution in [0.3, 0.4) is 0 Å². The van der Waals surface area contributed by atoms with Gasteiger partial charge in [-0.1, -0.05) is 6.92 Å². The van der Waals surface area contributed by atoms with Crippen LogP contribution >= 0.6 is 11.8 Å². The van der Waals surface area contributed by atoms with Gasteiger partial charge in [0.05, 0.1) is 0 Å².